The summed E-state index contributed by atoms with van der Waals surface area (Å²) < 4.78 is 22.6. The average molecular weight is 539 g/mol. The quantitative estimate of drug-likeness (QED) is 0.0340. The van der Waals surface area contributed by atoms with E-state index in [1.54, 1.807) is 0 Å². The molecule has 10 heteroatoms. The zero-order valence-electron chi connectivity index (χ0n) is 23.1. The molecule has 0 aliphatic carbocycles. The lowest BCUT2D eigenvalue weighted by molar-refractivity contribution is -0.872. The molecule has 0 bridgehead atoms. The van der Waals surface area contributed by atoms with Gasteiger partial charge in [0.2, 0.25) is 0 Å². The number of carbonyl (C=O) groups excluding carboxylic acids is 1. The van der Waals surface area contributed by atoms with Gasteiger partial charge in [-0.1, -0.05) is 70.4 Å². The maximum Gasteiger partial charge on any atom is 0.473 e. The fraction of sp³-hybridized carbons (Fsp3) is 0.885. The molecule has 9 nitrogen and oxygen atoms in total. The molecule has 0 radical (unpaired) electrons. The minimum absolute atomic E-state index is 0.206. The Hall–Kier alpha value is -0.640. The van der Waals surface area contributed by atoms with Crippen molar-refractivity contribution in [2.24, 2.45) is 0 Å². The van der Waals surface area contributed by atoms with E-state index >= 15 is 0 Å². The van der Waals surface area contributed by atoms with Gasteiger partial charge < -0.3 is 14.5 Å². The van der Waals surface area contributed by atoms with Crippen LogP contribution in [0.2, 0.25) is 0 Å². The topological polar surface area (TPSA) is 123 Å². The van der Waals surface area contributed by atoms with Crippen LogP contribution >= 0.6 is 7.82 Å². The molecule has 0 aliphatic rings. The molecule has 0 aromatic heterocycles. The molecule has 0 aromatic rings. The van der Waals surface area contributed by atoms with Crippen LogP contribution < -0.4 is 0 Å². The highest BCUT2D eigenvalue weighted by atomic mass is 31.2. The van der Waals surface area contributed by atoms with Crippen molar-refractivity contribution < 1.29 is 43.0 Å². The van der Waals surface area contributed by atoms with E-state index in [4.69, 9.17) is 19.4 Å². The Morgan fingerprint density at radius 1 is 0.917 bits per heavy atom. The molecule has 0 aliphatic heterocycles. The molecule has 3 atom stereocenters. The number of unbranched alkanes of at least 4 members (excludes halogenated alkanes) is 11. The van der Waals surface area contributed by atoms with Crippen LogP contribution in [0.25, 0.3) is 0 Å². The van der Waals surface area contributed by atoms with Crippen molar-refractivity contribution in [1.29, 1.82) is 0 Å². The molecular formula is C26H53NO8P+. The second-order valence-electron chi connectivity index (χ2n) is 10.5. The van der Waals surface area contributed by atoms with E-state index < -0.39 is 33.2 Å². The van der Waals surface area contributed by atoms with Gasteiger partial charge in [0, 0.05) is 6.42 Å². The van der Waals surface area contributed by atoms with Gasteiger partial charge in [0.1, 0.15) is 12.6 Å². The number of nitrogens with zero attached hydrogens (tertiary/aromatic N) is 1. The number of quaternary nitrogens is 1. The number of phosphoric acid groups is 1. The summed E-state index contributed by atoms with van der Waals surface area (Å²) in [5, 5.41) is 17.6. The molecule has 0 saturated heterocycles. The number of Topliss-reactive ketones (excluding diaryl/α,β-unsaturated/α-hetero) is 1. The van der Waals surface area contributed by atoms with Crippen LogP contribution in [0.4, 0.5) is 0 Å². The largest absolute Gasteiger partial charge is 0.473 e. The van der Waals surface area contributed by atoms with E-state index in [2.05, 4.69) is 24.0 Å². The van der Waals surface area contributed by atoms with Crippen molar-refractivity contribution >= 4 is 13.6 Å². The molecular weight excluding hydrogens is 485 g/mol. The van der Waals surface area contributed by atoms with E-state index in [0.717, 1.165) is 32.1 Å². The Morgan fingerprint density at radius 3 is 1.94 bits per heavy atom. The fourth-order valence-electron chi connectivity index (χ4n) is 3.71. The summed E-state index contributed by atoms with van der Waals surface area (Å²) in [6.07, 6.45) is 17.7. The number of phosphoric ester groups is 1. The predicted molar refractivity (Wildman–Crippen MR) is 143 cm³/mol. The lowest BCUT2D eigenvalue weighted by Gasteiger charge is -2.29. The number of likely N-dealkylation sites (N-methyl/N-ethyl adjacent to an activating group) is 1. The first-order valence-corrected chi connectivity index (χ1v) is 15.1. The SMILES string of the molecule is CCCCCCCC/C=C\CCCCCCCC(=O)C(C[N+](C)(C)C)OP(=O)(O)OC[C@@H](CO)OO. The minimum Gasteiger partial charge on any atom is -0.393 e. The number of ketones is 1. The van der Waals surface area contributed by atoms with E-state index in [-0.39, 0.29) is 18.7 Å². The standard InChI is InChI=1S/C26H52NO8P/c1-5-6-7-8-9-10-11-12-13-14-15-16-17-18-19-20-25(29)26(21-27(2,3)4)35-36(31,32)33-23-24(22-28)34-30/h12-13,24,26,28H,5-11,14-23H2,1-4H3,(H-,30,31,32)/p+1/b13-12-/t24-,26?/m1/s1. The van der Waals surface area contributed by atoms with Gasteiger partial charge in [0.05, 0.1) is 34.4 Å². The molecule has 2 unspecified atom stereocenters. The van der Waals surface area contributed by atoms with Crippen LogP contribution in [-0.4, -0.2) is 78.6 Å². The number of rotatable bonds is 25. The van der Waals surface area contributed by atoms with E-state index in [9.17, 15) is 14.3 Å². The number of carbonyl (C=O) groups is 1. The highest BCUT2D eigenvalue weighted by Crippen LogP contribution is 2.45. The van der Waals surface area contributed by atoms with Crippen LogP contribution in [0, 0.1) is 0 Å². The molecule has 0 heterocycles. The molecule has 0 aromatic carbocycles. The number of hydrogen-bond acceptors (Lipinski definition) is 7. The average Bonchev–Trinajstić information content (AvgIpc) is 2.80. The third-order valence-corrected chi connectivity index (χ3v) is 6.79. The van der Waals surface area contributed by atoms with Gasteiger partial charge in [-0.25, -0.2) is 9.45 Å². The van der Waals surface area contributed by atoms with Crippen molar-refractivity contribution in [3.8, 4) is 0 Å². The van der Waals surface area contributed by atoms with Crippen LogP contribution in [0.15, 0.2) is 12.2 Å². The monoisotopic (exact) mass is 538 g/mol. The highest BCUT2D eigenvalue weighted by molar-refractivity contribution is 7.47. The number of aliphatic hydroxyl groups excluding tert-OH is 1. The van der Waals surface area contributed by atoms with Gasteiger partial charge in [0.15, 0.2) is 11.9 Å². The zero-order valence-corrected chi connectivity index (χ0v) is 24.0. The Kier molecular flexibility index (Phi) is 20.9. The lowest BCUT2D eigenvalue weighted by Crippen LogP contribution is -2.45. The molecule has 0 saturated carbocycles. The summed E-state index contributed by atoms with van der Waals surface area (Å²) in [5.41, 5.74) is 0. The van der Waals surface area contributed by atoms with Crippen LogP contribution in [0.3, 0.4) is 0 Å². The maximum absolute atomic E-state index is 12.7. The fourth-order valence-corrected chi connectivity index (χ4v) is 4.63. The summed E-state index contributed by atoms with van der Waals surface area (Å²) in [6.45, 7) is 1.29. The summed E-state index contributed by atoms with van der Waals surface area (Å²) in [5.74, 6) is -0.240. The minimum atomic E-state index is -4.58. The summed E-state index contributed by atoms with van der Waals surface area (Å²) in [7, 11) is 0.989. The van der Waals surface area contributed by atoms with Crippen molar-refractivity contribution in [2.45, 2.75) is 109 Å². The summed E-state index contributed by atoms with van der Waals surface area (Å²) in [6, 6.07) is 0. The van der Waals surface area contributed by atoms with Crippen LogP contribution in [0.1, 0.15) is 96.8 Å². The molecule has 3 N–H and O–H groups in total. The van der Waals surface area contributed by atoms with Crippen molar-refractivity contribution in [3.63, 3.8) is 0 Å². The second-order valence-corrected chi connectivity index (χ2v) is 11.9. The first-order chi connectivity index (χ1) is 17.0. The van der Waals surface area contributed by atoms with Gasteiger partial charge in [-0.05, 0) is 32.1 Å². The first-order valence-electron chi connectivity index (χ1n) is 13.6. The summed E-state index contributed by atoms with van der Waals surface area (Å²) in [4.78, 5) is 26.7. The van der Waals surface area contributed by atoms with Gasteiger partial charge in [-0.2, -0.15) is 0 Å². The maximum atomic E-state index is 12.7. The molecule has 0 spiro atoms. The van der Waals surface area contributed by atoms with Gasteiger partial charge >= 0.3 is 7.82 Å². The Bertz CT molecular complexity index is 620. The van der Waals surface area contributed by atoms with E-state index in [1.165, 1.54) is 44.9 Å². The molecule has 0 amide bonds. The third-order valence-electron chi connectivity index (χ3n) is 5.79. The predicted octanol–water partition coefficient (Wildman–Crippen LogP) is 5.65. The van der Waals surface area contributed by atoms with Crippen molar-refractivity contribution in [3.05, 3.63) is 12.2 Å². The van der Waals surface area contributed by atoms with Crippen LogP contribution in [0.5, 0.6) is 0 Å². The second kappa shape index (κ2) is 21.3. The molecule has 0 rings (SSSR count). The molecule has 0 fully saturated rings. The highest BCUT2D eigenvalue weighted by Gasteiger charge is 2.35. The lowest BCUT2D eigenvalue weighted by atomic mass is 10.0. The first kappa shape index (κ1) is 35.4. The molecule has 36 heavy (non-hydrogen) atoms. The van der Waals surface area contributed by atoms with Crippen LogP contribution in [-0.2, 0) is 23.3 Å². The van der Waals surface area contributed by atoms with Crippen molar-refractivity contribution in [2.75, 3.05) is 40.9 Å². The summed E-state index contributed by atoms with van der Waals surface area (Å²) >= 11 is 0. The molecule has 214 valence electrons. The Balaban J connectivity index is 4.20. The van der Waals surface area contributed by atoms with E-state index in [0.29, 0.717) is 10.9 Å². The van der Waals surface area contributed by atoms with Crippen molar-refractivity contribution in [1.82, 2.24) is 0 Å². The Morgan fingerprint density at radius 2 is 1.44 bits per heavy atom. The van der Waals surface area contributed by atoms with E-state index in [1.807, 2.05) is 21.1 Å². The number of hydrogen-bond donors (Lipinski definition) is 3. The van der Waals surface area contributed by atoms with Gasteiger partial charge in [-0.3, -0.25) is 19.1 Å². The normalized spacial score (nSPS) is 15.8. The Labute approximate surface area is 219 Å². The smallest absolute Gasteiger partial charge is 0.393 e. The third kappa shape index (κ3) is 21.4. The number of aliphatic hydroxyl groups is 1. The number of allylic oxidation sites excluding steroid dienone is 2. The zero-order chi connectivity index (χ0) is 27.3. The van der Waals surface area contributed by atoms with Gasteiger partial charge in [-0.15, -0.1) is 0 Å². The van der Waals surface area contributed by atoms with Gasteiger partial charge in [0.25, 0.3) is 0 Å².